The normalized spacial score (nSPS) is 9.93. The van der Waals surface area contributed by atoms with E-state index in [1.807, 2.05) is 13.0 Å². The fourth-order valence-electron chi connectivity index (χ4n) is 1.14. The standard InChI is InChI=1S/C12H11NO2/c1-9-3-4-10(11(7-9)8-13)5-6-12(14)15-2/h3-7H,1-2H3/b6-5+. The van der Waals surface area contributed by atoms with Crippen molar-refractivity contribution in [2.45, 2.75) is 6.92 Å². The summed E-state index contributed by atoms with van der Waals surface area (Å²) in [6.07, 6.45) is 2.87. The Morgan fingerprint density at radius 3 is 2.87 bits per heavy atom. The van der Waals surface area contributed by atoms with Crippen LogP contribution in [0.1, 0.15) is 16.7 Å². The molecule has 0 amide bonds. The number of rotatable bonds is 2. The van der Waals surface area contributed by atoms with Gasteiger partial charge in [0, 0.05) is 6.08 Å². The van der Waals surface area contributed by atoms with Gasteiger partial charge in [0.1, 0.15) is 0 Å². The maximum atomic E-state index is 10.9. The maximum absolute atomic E-state index is 10.9. The Balaban J connectivity index is 3.01. The molecule has 15 heavy (non-hydrogen) atoms. The van der Waals surface area contributed by atoms with E-state index in [1.165, 1.54) is 13.2 Å². The van der Waals surface area contributed by atoms with E-state index in [-0.39, 0.29) is 0 Å². The first-order valence-electron chi connectivity index (χ1n) is 4.44. The number of hydrogen-bond donors (Lipinski definition) is 0. The molecule has 0 fully saturated rings. The van der Waals surface area contributed by atoms with E-state index in [1.54, 1.807) is 18.2 Å². The van der Waals surface area contributed by atoms with Gasteiger partial charge in [-0.3, -0.25) is 0 Å². The molecule has 3 heteroatoms. The molecule has 0 aliphatic carbocycles. The van der Waals surface area contributed by atoms with Crippen LogP contribution in [0.5, 0.6) is 0 Å². The Labute approximate surface area is 88.6 Å². The second kappa shape index (κ2) is 4.97. The number of benzene rings is 1. The van der Waals surface area contributed by atoms with Crippen LogP contribution in [0.3, 0.4) is 0 Å². The van der Waals surface area contributed by atoms with Crippen LogP contribution in [-0.2, 0) is 9.53 Å². The Morgan fingerprint density at radius 2 is 2.27 bits per heavy atom. The molecule has 0 unspecified atom stereocenters. The molecule has 76 valence electrons. The smallest absolute Gasteiger partial charge is 0.330 e. The first-order valence-corrected chi connectivity index (χ1v) is 4.44. The number of nitrogens with zero attached hydrogens (tertiary/aromatic N) is 1. The zero-order chi connectivity index (χ0) is 11.3. The van der Waals surface area contributed by atoms with Crippen molar-refractivity contribution in [2.24, 2.45) is 0 Å². The van der Waals surface area contributed by atoms with Gasteiger partial charge in [0.05, 0.1) is 18.7 Å². The number of carbonyl (C=O) groups is 1. The summed E-state index contributed by atoms with van der Waals surface area (Å²) in [5.74, 6) is -0.431. The third-order valence-corrected chi connectivity index (χ3v) is 1.93. The van der Waals surface area contributed by atoms with Crippen LogP contribution in [-0.4, -0.2) is 13.1 Å². The Bertz CT molecular complexity index is 441. The number of aryl methyl sites for hydroxylation is 1. The molecule has 1 aromatic rings. The highest BCUT2D eigenvalue weighted by Gasteiger charge is 1.99. The summed E-state index contributed by atoms with van der Waals surface area (Å²) >= 11 is 0. The van der Waals surface area contributed by atoms with Crippen molar-refractivity contribution in [1.29, 1.82) is 5.26 Å². The third kappa shape index (κ3) is 2.96. The minimum atomic E-state index is -0.431. The highest BCUT2D eigenvalue weighted by molar-refractivity contribution is 5.87. The van der Waals surface area contributed by atoms with E-state index in [2.05, 4.69) is 10.8 Å². The van der Waals surface area contributed by atoms with Gasteiger partial charge < -0.3 is 4.74 Å². The van der Waals surface area contributed by atoms with E-state index < -0.39 is 5.97 Å². The van der Waals surface area contributed by atoms with Crippen LogP contribution in [0.4, 0.5) is 0 Å². The first kappa shape index (κ1) is 11.0. The Morgan fingerprint density at radius 1 is 1.53 bits per heavy atom. The van der Waals surface area contributed by atoms with E-state index >= 15 is 0 Å². The lowest BCUT2D eigenvalue weighted by Crippen LogP contribution is -1.93. The third-order valence-electron chi connectivity index (χ3n) is 1.93. The molecule has 0 saturated heterocycles. The number of hydrogen-bond acceptors (Lipinski definition) is 3. The lowest BCUT2D eigenvalue weighted by molar-refractivity contribution is -0.134. The zero-order valence-electron chi connectivity index (χ0n) is 8.65. The molecule has 0 atom stereocenters. The van der Waals surface area contributed by atoms with Crippen molar-refractivity contribution in [3.8, 4) is 6.07 Å². The SMILES string of the molecule is COC(=O)/C=C/c1ccc(C)cc1C#N. The lowest BCUT2D eigenvalue weighted by atomic mass is 10.1. The van der Waals surface area contributed by atoms with Gasteiger partial charge in [-0.2, -0.15) is 5.26 Å². The van der Waals surface area contributed by atoms with E-state index in [9.17, 15) is 4.79 Å². The number of carbonyl (C=O) groups excluding carboxylic acids is 1. The molecule has 3 nitrogen and oxygen atoms in total. The summed E-state index contributed by atoms with van der Waals surface area (Å²) in [6, 6.07) is 7.54. The minimum absolute atomic E-state index is 0.431. The second-order valence-electron chi connectivity index (χ2n) is 3.06. The fraction of sp³-hybridized carbons (Fsp3) is 0.167. The van der Waals surface area contributed by atoms with Gasteiger partial charge in [-0.15, -0.1) is 0 Å². The summed E-state index contributed by atoms with van der Waals surface area (Å²) in [7, 11) is 1.31. The summed E-state index contributed by atoms with van der Waals surface area (Å²) in [4.78, 5) is 10.9. The van der Waals surface area contributed by atoms with Crippen molar-refractivity contribution in [3.05, 3.63) is 41.0 Å². The summed E-state index contributed by atoms with van der Waals surface area (Å²) < 4.78 is 4.46. The van der Waals surface area contributed by atoms with Crippen molar-refractivity contribution < 1.29 is 9.53 Å². The molecule has 0 heterocycles. The summed E-state index contributed by atoms with van der Waals surface area (Å²) in [5.41, 5.74) is 2.28. The predicted molar refractivity (Wildman–Crippen MR) is 56.9 cm³/mol. The molecule has 0 saturated carbocycles. The van der Waals surface area contributed by atoms with Gasteiger partial charge in [0.15, 0.2) is 0 Å². The zero-order valence-corrected chi connectivity index (χ0v) is 8.65. The molecule has 0 aliphatic heterocycles. The second-order valence-corrected chi connectivity index (χ2v) is 3.06. The average Bonchev–Trinajstić information content (AvgIpc) is 2.26. The number of methoxy groups -OCH3 is 1. The van der Waals surface area contributed by atoms with Crippen LogP contribution in [0.15, 0.2) is 24.3 Å². The number of nitriles is 1. The molecule has 0 radical (unpaired) electrons. The van der Waals surface area contributed by atoms with Gasteiger partial charge in [-0.05, 0) is 30.2 Å². The van der Waals surface area contributed by atoms with E-state index in [0.29, 0.717) is 11.1 Å². The Kier molecular flexibility index (Phi) is 3.64. The molecule has 0 aliphatic rings. The van der Waals surface area contributed by atoms with Gasteiger partial charge in [0.2, 0.25) is 0 Å². The molecule has 0 spiro atoms. The highest BCUT2D eigenvalue weighted by Crippen LogP contribution is 2.12. The molecule has 0 bridgehead atoms. The van der Waals surface area contributed by atoms with Crippen LogP contribution in [0.2, 0.25) is 0 Å². The fourth-order valence-corrected chi connectivity index (χ4v) is 1.14. The van der Waals surface area contributed by atoms with Crippen LogP contribution < -0.4 is 0 Å². The quantitative estimate of drug-likeness (QED) is 0.543. The van der Waals surface area contributed by atoms with Crippen molar-refractivity contribution in [2.75, 3.05) is 7.11 Å². The van der Waals surface area contributed by atoms with Gasteiger partial charge in [-0.25, -0.2) is 4.79 Å². The maximum Gasteiger partial charge on any atom is 0.330 e. The molecule has 1 aromatic carbocycles. The topological polar surface area (TPSA) is 50.1 Å². The van der Waals surface area contributed by atoms with Gasteiger partial charge in [0.25, 0.3) is 0 Å². The number of esters is 1. The molecule has 0 N–H and O–H groups in total. The van der Waals surface area contributed by atoms with Crippen LogP contribution in [0.25, 0.3) is 6.08 Å². The van der Waals surface area contributed by atoms with Crippen molar-refractivity contribution in [3.63, 3.8) is 0 Å². The van der Waals surface area contributed by atoms with Crippen LogP contribution in [0, 0.1) is 18.3 Å². The van der Waals surface area contributed by atoms with Gasteiger partial charge in [-0.1, -0.05) is 12.1 Å². The lowest BCUT2D eigenvalue weighted by Gasteiger charge is -1.98. The largest absolute Gasteiger partial charge is 0.466 e. The Hall–Kier alpha value is -2.08. The molecule has 1 rings (SSSR count). The minimum Gasteiger partial charge on any atom is -0.466 e. The summed E-state index contributed by atoms with van der Waals surface area (Å²) in [6.45, 7) is 1.91. The first-order chi connectivity index (χ1) is 7.17. The van der Waals surface area contributed by atoms with Crippen LogP contribution >= 0.6 is 0 Å². The average molecular weight is 201 g/mol. The van der Waals surface area contributed by atoms with E-state index in [4.69, 9.17) is 5.26 Å². The van der Waals surface area contributed by atoms with Gasteiger partial charge >= 0.3 is 5.97 Å². The highest BCUT2D eigenvalue weighted by atomic mass is 16.5. The molecular formula is C12H11NO2. The van der Waals surface area contributed by atoms with E-state index in [0.717, 1.165) is 5.56 Å². The monoisotopic (exact) mass is 201 g/mol. The number of ether oxygens (including phenoxy) is 1. The molecule has 0 aromatic heterocycles. The molecular weight excluding hydrogens is 190 g/mol. The summed E-state index contributed by atoms with van der Waals surface area (Å²) in [5, 5.41) is 8.87. The van der Waals surface area contributed by atoms with Crippen molar-refractivity contribution >= 4 is 12.0 Å². The van der Waals surface area contributed by atoms with Crippen molar-refractivity contribution in [1.82, 2.24) is 0 Å². The predicted octanol–water partition coefficient (Wildman–Crippen LogP) is 2.05.